The number of nitrogens with one attached hydrogen (secondary N) is 1. The number of fused-ring (bicyclic) bond motifs is 1. The highest BCUT2D eigenvalue weighted by Gasteiger charge is 2.26. The Morgan fingerprint density at radius 1 is 1.10 bits per heavy atom. The molecule has 0 bridgehead atoms. The van der Waals surface area contributed by atoms with Gasteiger partial charge >= 0.3 is 0 Å². The number of thioether (sulfide) groups is 1. The lowest BCUT2D eigenvalue weighted by molar-refractivity contribution is 0.312. The maximum atomic E-state index is 4.92. The zero-order valence-electron chi connectivity index (χ0n) is 13.3. The van der Waals surface area contributed by atoms with Gasteiger partial charge in [0.05, 0.1) is 5.69 Å². The van der Waals surface area contributed by atoms with Crippen LogP contribution < -0.4 is 5.32 Å². The van der Waals surface area contributed by atoms with Crippen molar-refractivity contribution in [1.82, 2.24) is 9.97 Å². The Balaban J connectivity index is 1.79. The molecular weight excluding hydrogens is 278 g/mol. The van der Waals surface area contributed by atoms with Crippen molar-refractivity contribution in [3.63, 3.8) is 0 Å². The second kappa shape index (κ2) is 6.99. The Kier molecular flexibility index (Phi) is 5.04. The molecule has 1 saturated carbocycles. The van der Waals surface area contributed by atoms with Crippen LogP contribution in [0, 0.1) is 5.92 Å². The number of rotatable bonds is 5. The average Bonchev–Trinajstić information content (AvgIpc) is 3.01. The predicted octanol–water partition coefficient (Wildman–Crippen LogP) is 4.73. The van der Waals surface area contributed by atoms with E-state index in [1.165, 1.54) is 43.4 Å². The van der Waals surface area contributed by atoms with Crippen LogP contribution in [0.5, 0.6) is 0 Å². The van der Waals surface area contributed by atoms with Gasteiger partial charge in [0, 0.05) is 29.5 Å². The molecule has 1 aliphatic carbocycles. The predicted molar refractivity (Wildman–Crippen MR) is 90.8 cm³/mol. The summed E-state index contributed by atoms with van der Waals surface area (Å²) < 4.78 is 0. The summed E-state index contributed by atoms with van der Waals surface area (Å²) in [6.45, 7) is 5.53. The van der Waals surface area contributed by atoms with Crippen molar-refractivity contribution in [2.75, 3.05) is 11.9 Å². The summed E-state index contributed by atoms with van der Waals surface area (Å²) >= 11 is 1.97. The van der Waals surface area contributed by atoms with Gasteiger partial charge in [-0.25, -0.2) is 9.97 Å². The number of aromatic nitrogens is 2. The van der Waals surface area contributed by atoms with Crippen LogP contribution >= 0.6 is 11.8 Å². The topological polar surface area (TPSA) is 37.8 Å². The molecule has 1 fully saturated rings. The quantitative estimate of drug-likeness (QED) is 0.853. The lowest BCUT2D eigenvalue weighted by atomic mass is 9.80. The van der Waals surface area contributed by atoms with Crippen molar-refractivity contribution in [3.8, 4) is 0 Å². The van der Waals surface area contributed by atoms with Gasteiger partial charge in [-0.3, -0.25) is 0 Å². The molecule has 0 atom stereocenters. The molecular formula is C17H27N3S. The van der Waals surface area contributed by atoms with Crippen LogP contribution in [0.3, 0.4) is 0 Å². The third kappa shape index (κ3) is 3.36. The number of nitrogens with zero attached hydrogens (tertiary/aromatic N) is 2. The van der Waals surface area contributed by atoms with Gasteiger partial charge < -0.3 is 5.32 Å². The molecule has 2 aliphatic rings. The molecule has 1 N–H and O–H groups in total. The molecule has 1 aliphatic heterocycles. The highest BCUT2D eigenvalue weighted by Crippen LogP contribution is 2.38. The minimum absolute atomic E-state index is 0.589. The minimum Gasteiger partial charge on any atom is -0.370 e. The maximum absolute atomic E-state index is 4.92. The standard InChI is InChI=1S/C17H27N3S/c1-3-9-18-17-14-10-21-11-15(14)19-16(20-17)13-7-5-12(4-2)6-8-13/h12-13H,3-11H2,1-2H3,(H,18,19,20). The number of anilines is 1. The van der Waals surface area contributed by atoms with Gasteiger partial charge in [-0.1, -0.05) is 20.3 Å². The van der Waals surface area contributed by atoms with Crippen LogP contribution in [0.15, 0.2) is 0 Å². The fourth-order valence-corrected chi connectivity index (χ4v) is 4.51. The summed E-state index contributed by atoms with van der Waals surface area (Å²) in [5.74, 6) is 5.90. The molecule has 0 aromatic carbocycles. The Hall–Kier alpha value is -0.770. The molecule has 4 heteroatoms. The first-order valence-corrected chi connectivity index (χ1v) is 9.68. The monoisotopic (exact) mass is 305 g/mol. The van der Waals surface area contributed by atoms with E-state index in [0.29, 0.717) is 5.92 Å². The van der Waals surface area contributed by atoms with Crippen molar-refractivity contribution in [2.24, 2.45) is 5.92 Å². The molecule has 0 spiro atoms. The van der Waals surface area contributed by atoms with Crippen molar-refractivity contribution in [1.29, 1.82) is 0 Å². The second-order valence-corrected chi connectivity index (χ2v) is 7.39. The van der Waals surface area contributed by atoms with E-state index in [1.807, 2.05) is 11.8 Å². The first kappa shape index (κ1) is 15.1. The zero-order valence-corrected chi connectivity index (χ0v) is 14.1. The molecule has 3 nitrogen and oxygen atoms in total. The maximum Gasteiger partial charge on any atom is 0.134 e. The Morgan fingerprint density at radius 3 is 2.62 bits per heavy atom. The third-order valence-electron chi connectivity index (χ3n) is 4.93. The Morgan fingerprint density at radius 2 is 1.90 bits per heavy atom. The molecule has 0 unspecified atom stereocenters. The van der Waals surface area contributed by atoms with Gasteiger partial charge in [0.1, 0.15) is 11.6 Å². The Bertz CT molecular complexity index is 481. The highest BCUT2D eigenvalue weighted by atomic mass is 32.2. The van der Waals surface area contributed by atoms with Crippen LogP contribution in [0.4, 0.5) is 5.82 Å². The van der Waals surface area contributed by atoms with Crippen molar-refractivity contribution >= 4 is 17.6 Å². The van der Waals surface area contributed by atoms with Crippen molar-refractivity contribution in [3.05, 3.63) is 17.1 Å². The van der Waals surface area contributed by atoms with Gasteiger partial charge in [0.25, 0.3) is 0 Å². The fourth-order valence-electron chi connectivity index (χ4n) is 3.47. The number of hydrogen-bond donors (Lipinski definition) is 1. The van der Waals surface area contributed by atoms with Crippen LogP contribution in [-0.2, 0) is 11.5 Å². The minimum atomic E-state index is 0.589. The lowest BCUT2D eigenvalue weighted by Gasteiger charge is -2.27. The van der Waals surface area contributed by atoms with Gasteiger partial charge in [0.2, 0.25) is 0 Å². The average molecular weight is 305 g/mol. The van der Waals surface area contributed by atoms with E-state index in [9.17, 15) is 0 Å². The van der Waals surface area contributed by atoms with E-state index in [1.54, 1.807) is 0 Å². The van der Waals surface area contributed by atoms with E-state index >= 15 is 0 Å². The normalized spacial score (nSPS) is 24.9. The van der Waals surface area contributed by atoms with Crippen LogP contribution in [0.2, 0.25) is 0 Å². The van der Waals surface area contributed by atoms with Crippen LogP contribution in [0.25, 0.3) is 0 Å². The first-order chi connectivity index (χ1) is 10.3. The van der Waals surface area contributed by atoms with Gasteiger partial charge in [0.15, 0.2) is 0 Å². The molecule has 1 aromatic heterocycles. The molecule has 0 amide bonds. The smallest absolute Gasteiger partial charge is 0.134 e. The van der Waals surface area contributed by atoms with Crippen molar-refractivity contribution in [2.45, 2.75) is 69.8 Å². The summed E-state index contributed by atoms with van der Waals surface area (Å²) in [6.07, 6.45) is 7.73. The summed E-state index contributed by atoms with van der Waals surface area (Å²) in [4.78, 5) is 9.85. The molecule has 2 heterocycles. The van der Waals surface area contributed by atoms with E-state index in [0.717, 1.165) is 42.0 Å². The van der Waals surface area contributed by atoms with Crippen LogP contribution in [-0.4, -0.2) is 16.5 Å². The number of hydrogen-bond acceptors (Lipinski definition) is 4. The van der Waals surface area contributed by atoms with Gasteiger partial charge in [-0.15, -0.1) is 0 Å². The molecule has 3 rings (SSSR count). The lowest BCUT2D eigenvalue weighted by Crippen LogP contribution is -2.17. The van der Waals surface area contributed by atoms with E-state index in [2.05, 4.69) is 19.2 Å². The Labute approximate surface area is 132 Å². The van der Waals surface area contributed by atoms with E-state index < -0.39 is 0 Å². The SMILES string of the molecule is CCCNc1nc(C2CCC(CC)CC2)nc2c1CSC2. The molecule has 1 aromatic rings. The largest absolute Gasteiger partial charge is 0.370 e. The zero-order chi connectivity index (χ0) is 14.7. The molecule has 0 radical (unpaired) electrons. The van der Waals surface area contributed by atoms with Gasteiger partial charge in [-0.2, -0.15) is 11.8 Å². The summed E-state index contributed by atoms with van der Waals surface area (Å²) in [7, 11) is 0. The van der Waals surface area contributed by atoms with Crippen LogP contribution in [0.1, 0.15) is 75.4 Å². The van der Waals surface area contributed by atoms with Gasteiger partial charge in [-0.05, 0) is 38.0 Å². The summed E-state index contributed by atoms with van der Waals surface area (Å²) in [6, 6.07) is 0. The fraction of sp³-hybridized carbons (Fsp3) is 0.765. The molecule has 21 heavy (non-hydrogen) atoms. The highest BCUT2D eigenvalue weighted by molar-refractivity contribution is 7.98. The molecule has 116 valence electrons. The first-order valence-electron chi connectivity index (χ1n) is 8.53. The summed E-state index contributed by atoms with van der Waals surface area (Å²) in [5, 5.41) is 3.53. The van der Waals surface area contributed by atoms with E-state index in [4.69, 9.17) is 9.97 Å². The second-order valence-electron chi connectivity index (χ2n) is 6.40. The summed E-state index contributed by atoms with van der Waals surface area (Å²) in [5.41, 5.74) is 2.65. The third-order valence-corrected chi connectivity index (χ3v) is 5.90. The molecule has 0 saturated heterocycles. The van der Waals surface area contributed by atoms with E-state index in [-0.39, 0.29) is 0 Å². The van der Waals surface area contributed by atoms with Crippen molar-refractivity contribution < 1.29 is 0 Å².